The van der Waals surface area contributed by atoms with Crippen LogP contribution >= 0.6 is 0 Å². The number of carbonyl (C=O) groups excluding carboxylic acids is 1. The summed E-state index contributed by atoms with van der Waals surface area (Å²) in [5, 5.41) is 4.19. The summed E-state index contributed by atoms with van der Waals surface area (Å²) in [5.41, 5.74) is 11.6. The molecule has 0 saturated heterocycles. The first-order chi connectivity index (χ1) is 6.25. The van der Waals surface area contributed by atoms with Gasteiger partial charge in [0.05, 0.1) is 11.2 Å². The molecule has 1 aromatic rings. The minimum absolute atomic E-state index is 0.247. The Balaban J connectivity index is 3.39. The largest absolute Gasteiger partial charge is 0.383 e. The molecule has 5 heteroatoms. The van der Waals surface area contributed by atoms with Crippen molar-refractivity contribution < 1.29 is 4.79 Å². The van der Waals surface area contributed by atoms with Gasteiger partial charge in [-0.3, -0.25) is 4.79 Å². The van der Waals surface area contributed by atoms with Crippen molar-refractivity contribution in [3.8, 4) is 0 Å². The smallest absolute Gasteiger partial charge is 0.254 e. The van der Waals surface area contributed by atoms with Crippen LogP contribution in [-0.2, 0) is 5.54 Å². The summed E-state index contributed by atoms with van der Waals surface area (Å²) in [4.78, 5) is 11.1. The number of amides is 1. The molecule has 0 fully saturated rings. The van der Waals surface area contributed by atoms with Gasteiger partial charge in [-0.25, -0.2) is 4.68 Å². The van der Waals surface area contributed by atoms with Crippen LogP contribution in [0.4, 0.5) is 5.82 Å². The van der Waals surface area contributed by atoms with Crippen molar-refractivity contribution >= 4 is 11.7 Å². The van der Waals surface area contributed by atoms with E-state index in [1.807, 2.05) is 20.8 Å². The van der Waals surface area contributed by atoms with E-state index >= 15 is 0 Å². The highest BCUT2D eigenvalue weighted by molar-refractivity contribution is 5.98. The third-order valence-electron chi connectivity index (χ3n) is 1.98. The summed E-state index contributed by atoms with van der Waals surface area (Å²) >= 11 is 0. The average Bonchev–Trinajstić information content (AvgIpc) is 2.24. The summed E-state index contributed by atoms with van der Waals surface area (Å²) in [6.45, 7) is 7.60. The predicted octanol–water partition coefficient (Wildman–Crippen LogP) is 0.628. The second-order valence-corrected chi connectivity index (χ2v) is 4.29. The first-order valence-corrected chi connectivity index (χ1v) is 4.40. The zero-order valence-corrected chi connectivity index (χ0v) is 8.96. The molecule has 0 bridgehead atoms. The zero-order valence-electron chi connectivity index (χ0n) is 8.96. The van der Waals surface area contributed by atoms with Gasteiger partial charge in [-0.05, 0) is 27.7 Å². The lowest BCUT2D eigenvalue weighted by molar-refractivity contribution is 0.100. The maximum atomic E-state index is 11.1. The van der Waals surface area contributed by atoms with Gasteiger partial charge in [-0.15, -0.1) is 0 Å². The van der Waals surface area contributed by atoms with Gasteiger partial charge in [0.2, 0.25) is 0 Å². The second-order valence-electron chi connectivity index (χ2n) is 4.29. The molecular formula is C9H16N4O. The van der Waals surface area contributed by atoms with Gasteiger partial charge in [0.1, 0.15) is 11.4 Å². The molecule has 0 aromatic carbocycles. The van der Waals surface area contributed by atoms with Crippen molar-refractivity contribution in [1.29, 1.82) is 0 Å². The van der Waals surface area contributed by atoms with Gasteiger partial charge in [-0.1, -0.05) is 0 Å². The molecule has 1 heterocycles. The van der Waals surface area contributed by atoms with Crippen LogP contribution in [0, 0.1) is 6.92 Å². The molecule has 4 N–H and O–H groups in total. The molecule has 0 radical (unpaired) electrons. The standard InChI is InChI=1S/C9H16N4O/c1-5-6(8(11)14)7(10)13(12-5)9(2,3)4/h10H2,1-4H3,(H2,11,14). The van der Waals surface area contributed by atoms with E-state index in [4.69, 9.17) is 11.5 Å². The first-order valence-electron chi connectivity index (χ1n) is 4.40. The number of nitrogen functional groups attached to an aromatic ring is 1. The zero-order chi connectivity index (χ0) is 11.1. The summed E-state index contributed by atoms with van der Waals surface area (Å²) < 4.78 is 1.61. The fraction of sp³-hybridized carbons (Fsp3) is 0.556. The highest BCUT2D eigenvalue weighted by atomic mass is 16.1. The molecular weight excluding hydrogens is 180 g/mol. The molecule has 14 heavy (non-hydrogen) atoms. The number of hydrogen-bond acceptors (Lipinski definition) is 3. The Hall–Kier alpha value is -1.52. The Morgan fingerprint density at radius 3 is 2.14 bits per heavy atom. The van der Waals surface area contributed by atoms with Crippen LogP contribution in [-0.4, -0.2) is 15.7 Å². The van der Waals surface area contributed by atoms with Gasteiger partial charge in [0, 0.05) is 0 Å². The van der Waals surface area contributed by atoms with Gasteiger partial charge in [0.15, 0.2) is 0 Å². The SMILES string of the molecule is Cc1nn(C(C)(C)C)c(N)c1C(N)=O. The van der Waals surface area contributed by atoms with E-state index in [9.17, 15) is 4.79 Å². The number of nitrogens with zero attached hydrogens (tertiary/aromatic N) is 2. The molecule has 1 amide bonds. The summed E-state index contributed by atoms with van der Waals surface area (Å²) in [6.07, 6.45) is 0. The van der Waals surface area contributed by atoms with Crippen molar-refractivity contribution in [2.24, 2.45) is 5.73 Å². The topological polar surface area (TPSA) is 86.9 Å². The number of rotatable bonds is 1. The minimum atomic E-state index is -0.532. The minimum Gasteiger partial charge on any atom is -0.383 e. The third-order valence-corrected chi connectivity index (χ3v) is 1.98. The Kier molecular flexibility index (Phi) is 2.27. The van der Waals surface area contributed by atoms with E-state index < -0.39 is 5.91 Å². The van der Waals surface area contributed by atoms with Crippen LogP contribution in [0.3, 0.4) is 0 Å². The van der Waals surface area contributed by atoms with Crippen molar-refractivity contribution in [3.05, 3.63) is 11.3 Å². The van der Waals surface area contributed by atoms with E-state index in [2.05, 4.69) is 5.10 Å². The molecule has 1 aromatic heterocycles. The molecule has 5 nitrogen and oxygen atoms in total. The summed E-state index contributed by atoms with van der Waals surface area (Å²) in [6, 6.07) is 0. The predicted molar refractivity (Wildman–Crippen MR) is 54.9 cm³/mol. The lowest BCUT2D eigenvalue weighted by atomic mass is 10.1. The Bertz CT molecular complexity index is 373. The quantitative estimate of drug-likeness (QED) is 0.690. The van der Waals surface area contributed by atoms with Crippen molar-refractivity contribution in [1.82, 2.24) is 9.78 Å². The molecule has 0 aliphatic heterocycles. The second kappa shape index (κ2) is 3.01. The van der Waals surface area contributed by atoms with E-state index in [1.54, 1.807) is 11.6 Å². The number of aryl methyl sites for hydroxylation is 1. The number of nitrogens with two attached hydrogens (primary N) is 2. The number of hydrogen-bond donors (Lipinski definition) is 2. The van der Waals surface area contributed by atoms with Crippen LogP contribution in [0.2, 0.25) is 0 Å². The molecule has 0 aliphatic carbocycles. The number of anilines is 1. The maximum absolute atomic E-state index is 11.1. The number of aromatic nitrogens is 2. The Labute approximate surface area is 83.1 Å². The normalized spacial score (nSPS) is 11.7. The monoisotopic (exact) mass is 196 g/mol. The van der Waals surface area contributed by atoms with E-state index in [0.717, 1.165) is 0 Å². The average molecular weight is 196 g/mol. The summed E-state index contributed by atoms with van der Waals surface area (Å²) in [7, 11) is 0. The van der Waals surface area contributed by atoms with E-state index in [-0.39, 0.29) is 5.54 Å². The van der Waals surface area contributed by atoms with Crippen LogP contribution < -0.4 is 11.5 Å². The fourth-order valence-corrected chi connectivity index (χ4v) is 1.36. The first kappa shape index (κ1) is 10.6. The van der Waals surface area contributed by atoms with Gasteiger partial charge < -0.3 is 11.5 Å². The maximum Gasteiger partial charge on any atom is 0.254 e. The summed E-state index contributed by atoms with van der Waals surface area (Å²) in [5.74, 6) is -0.196. The van der Waals surface area contributed by atoms with Crippen molar-refractivity contribution in [2.75, 3.05) is 5.73 Å². The van der Waals surface area contributed by atoms with Crippen LogP contribution in [0.1, 0.15) is 36.8 Å². The van der Waals surface area contributed by atoms with Gasteiger partial charge in [0.25, 0.3) is 5.91 Å². The number of carbonyl (C=O) groups is 1. The van der Waals surface area contributed by atoms with Gasteiger partial charge >= 0.3 is 0 Å². The van der Waals surface area contributed by atoms with Crippen LogP contribution in [0.5, 0.6) is 0 Å². The molecule has 78 valence electrons. The van der Waals surface area contributed by atoms with Crippen LogP contribution in [0.25, 0.3) is 0 Å². The lowest BCUT2D eigenvalue weighted by Gasteiger charge is -2.20. The molecule has 1 rings (SSSR count). The Morgan fingerprint density at radius 1 is 1.43 bits per heavy atom. The van der Waals surface area contributed by atoms with Crippen molar-refractivity contribution in [3.63, 3.8) is 0 Å². The highest BCUT2D eigenvalue weighted by Crippen LogP contribution is 2.23. The molecule has 0 spiro atoms. The van der Waals surface area contributed by atoms with E-state index in [1.165, 1.54) is 0 Å². The third kappa shape index (κ3) is 1.57. The number of primary amides is 1. The van der Waals surface area contributed by atoms with Crippen molar-refractivity contribution in [2.45, 2.75) is 33.2 Å². The Morgan fingerprint density at radius 2 is 1.93 bits per heavy atom. The highest BCUT2D eigenvalue weighted by Gasteiger charge is 2.23. The molecule has 0 unspecified atom stereocenters. The lowest BCUT2D eigenvalue weighted by Crippen LogP contribution is -2.25. The van der Waals surface area contributed by atoms with Gasteiger partial charge in [-0.2, -0.15) is 5.10 Å². The van der Waals surface area contributed by atoms with Crippen LogP contribution in [0.15, 0.2) is 0 Å². The fourth-order valence-electron chi connectivity index (χ4n) is 1.36. The molecule has 0 aliphatic rings. The molecule has 0 saturated carbocycles. The molecule has 0 atom stereocenters. The van der Waals surface area contributed by atoms with E-state index in [0.29, 0.717) is 17.1 Å².